The minimum Gasteiger partial charge on any atom is -0.348 e. The minimum atomic E-state index is -0.130. The first-order valence-electron chi connectivity index (χ1n) is 6.49. The van der Waals surface area contributed by atoms with Gasteiger partial charge in [0.1, 0.15) is 0 Å². The second kappa shape index (κ2) is 7.40. The molecular formula is C16H16N2O2S. The van der Waals surface area contributed by atoms with Gasteiger partial charge in [-0.2, -0.15) is 0 Å². The molecule has 4 nitrogen and oxygen atoms in total. The molecule has 0 atom stereocenters. The summed E-state index contributed by atoms with van der Waals surface area (Å²) < 4.78 is 0. The van der Waals surface area contributed by atoms with Gasteiger partial charge in [-0.1, -0.05) is 18.2 Å². The monoisotopic (exact) mass is 300 g/mol. The summed E-state index contributed by atoms with van der Waals surface area (Å²) >= 11 is 1.61. The third kappa shape index (κ3) is 5.24. The molecule has 5 heteroatoms. The van der Waals surface area contributed by atoms with Crippen molar-refractivity contribution in [2.45, 2.75) is 13.5 Å². The average molecular weight is 300 g/mol. The number of carbonyl (C=O) groups excluding carboxylic acids is 2. The molecule has 2 N–H and O–H groups in total. The average Bonchev–Trinajstić information content (AvgIpc) is 2.97. The number of anilines is 1. The first-order chi connectivity index (χ1) is 10.1. The molecule has 0 aliphatic carbocycles. The summed E-state index contributed by atoms with van der Waals surface area (Å²) in [6.07, 6.45) is 3.24. The summed E-state index contributed by atoms with van der Waals surface area (Å²) in [4.78, 5) is 23.7. The zero-order chi connectivity index (χ0) is 15.1. The van der Waals surface area contributed by atoms with Gasteiger partial charge in [-0.25, -0.2) is 0 Å². The van der Waals surface area contributed by atoms with Gasteiger partial charge in [-0.15, -0.1) is 11.3 Å². The molecule has 2 amide bonds. The van der Waals surface area contributed by atoms with E-state index in [-0.39, 0.29) is 11.8 Å². The summed E-state index contributed by atoms with van der Waals surface area (Å²) in [5.41, 5.74) is 1.64. The van der Waals surface area contributed by atoms with Crippen molar-refractivity contribution >= 4 is 34.9 Å². The predicted octanol–water partition coefficient (Wildman–Crippen LogP) is 3.04. The Morgan fingerprint density at radius 2 is 1.95 bits per heavy atom. The maximum atomic E-state index is 11.7. The van der Waals surface area contributed by atoms with Crippen LogP contribution in [0.25, 0.3) is 6.08 Å². The van der Waals surface area contributed by atoms with E-state index in [1.165, 1.54) is 13.0 Å². The standard InChI is InChI=1S/C16H16N2O2S/c1-12(19)18-14-7-4-13(5-8-14)6-9-16(20)17-11-15-3-2-10-21-15/h2-10H,11H2,1H3,(H,17,20)(H,18,19)/b9-6+. The van der Waals surface area contributed by atoms with Crippen molar-refractivity contribution in [3.05, 3.63) is 58.3 Å². The lowest BCUT2D eigenvalue weighted by atomic mass is 10.2. The van der Waals surface area contributed by atoms with E-state index in [0.29, 0.717) is 6.54 Å². The van der Waals surface area contributed by atoms with Crippen molar-refractivity contribution in [3.63, 3.8) is 0 Å². The number of carbonyl (C=O) groups is 2. The van der Waals surface area contributed by atoms with Crippen LogP contribution in [0.3, 0.4) is 0 Å². The molecule has 0 unspecified atom stereocenters. The summed E-state index contributed by atoms with van der Waals surface area (Å²) in [5, 5.41) is 7.49. The van der Waals surface area contributed by atoms with E-state index in [9.17, 15) is 9.59 Å². The molecule has 0 saturated heterocycles. The lowest BCUT2D eigenvalue weighted by Gasteiger charge is -2.02. The largest absolute Gasteiger partial charge is 0.348 e. The second-order valence-corrected chi connectivity index (χ2v) is 5.47. The van der Waals surface area contributed by atoms with Crippen LogP contribution in [0.5, 0.6) is 0 Å². The highest BCUT2D eigenvalue weighted by Gasteiger charge is 1.98. The molecule has 0 radical (unpaired) electrons. The Morgan fingerprint density at radius 1 is 1.19 bits per heavy atom. The molecule has 0 fully saturated rings. The Hall–Kier alpha value is -2.40. The van der Waals surface area contributed by atoms with Gasteiger partial charge in [0.15, 0.2) is 0 Å². The highest BCUT2D eigenvalue weighted by atomic mass is 32.1. The van der Waals surface area contributed by atoms with Crippen LogP contribution in [0.4, 0.5) is 5.69 Å². The van der Waals surface area contributed by atoms with Crippen LogP contribution in [0, 0.1) is 0 Å². The predicted molar refractivity (Wildman–Crippen MR) is 85.9 cm³/mol. The van der Waals surface area contributed by atoms with Crippen LogP contribution in [-0.2, 0) is 16.1 Å². The van der Waals surface area contributed by atoms with Crippen molar-refractivity contribution in [3.8, 4) is 0 Å². The summed E-state index contributed by atoms with van der Waals surface area (Å²) in [6, 6.07) is 11.2. The lowest BCUT2D eigenvalue weighted by molar-refractivity contribution is -0.116. The van der Waals surface area contributed by atoms with Crippen LogP contribution >= 0.6 is 11.3 Å². The number of nitrogens with one attached hydrogen (secondary N) is 2. The first-order valence-corrected chi connectivity index (χ1v) is 7.37. The molecule has 0 bridgehead atoms. The van der Waals surface area contributed by atoms with E-state index in [0.717, 1.165) is 16.1 Å². The van der Waals surface area contributed by atoms with Gasteiger partial charge < -0.3 is 10.6 Å². The Bertz CT molecular complexity index is 631. The fraction of sp³-hybridized carbons (Fsp3) is 0.125. The third-order valence-electron chi connectivity index (χ3n) is 2.68. The van der Waals surface area contributed by atoms with Gasteiger partial charge in [0, 0.05) is 23.6 Å². The second-order valence-electron chi connectivity index (χ2n) is 4.43. The van der Waals surface area contributed by atoms with Crippen LogP contribution in [0.1, 0.15) is 17.4 Å². The topological polar surface area (TPSA) is 58.2 Å². The summed E-state index contributed by atoms with van der Waals surface area (Å²) in [5.74, 6) is -0.236. The zero-order valence-electron chi connectivity index (χ0n) is 11.6. The number of amides is 2. The molecule has 1 aromatic carbocycles. The zero-order valence-corrected chi connectivity index (χ0v) is 12.4. The van der Waals surface area contributed by atoms with E-state index < -0.39 is 0 Å². The van der Waals surface area contributed by atoms with Gasteiger partial charge in [0.2, 0.25) is 11.8 Å². The van der Waals surface area contributed by atoms with Crippen LogP contribution < -0.4 is 10.6 Å². The number of benzene rings is 1. The molecule has 0 aliphatic heterocycles. The van der Waals surface area contributed by atoms with Gasteiger partial charge in [0.05, 0.1) is 6.54 Å². The van der Waals surface area contributed by atoms with Crippen LogP contribution in [0.15, 0.2) is 47.9 Å². The quantitative estimate of drug-likeness (QED) is 0.834. The molecule has 1 aromatic heterocycles. The SMILES string of the molecule is CC(=O)Nc1ccc(/C=C/C(=O)NCc2cccs2)cc1. The van der Waals surface area contributed by atoms with Gasteiger partial charge in [0.25, 0.3) is 0 Å². The van der Waals surface area contributed by atoms with E-state index in [2.05, 4.69) is 10.6 Å². The normalized spacial score (nSPS) is 10.5. The molecule has 0 spiro atoms. The van der Waals surface area contributed by atoms with Gasteiger partial charge in [-0.05, 0) is 35.2 Å². The van der Waals surface area contributed by atoms with Crippen LogP contribution in [-0.4, -0.2) is 11.8 Å². The molecule has 2 aromatic rings. The molecule has 21 heavy (non-hydrogen) atoms. The van der Waals surface area contributed by atoms with E-state index in [1.807, 2.05) is 29.6 Å². The molecular weight excluding hydrogens is 284 g/mol. The number of rotatable bonds is 5. The fourth-order valence-electron chi connectivity index (χ4n) is 1.70. The number of hydrogen-bond donors (Lipinski definition) is 2. The van der Waals surface area contributed by atoms with Crippen molar-refractivity contribution in [1.29, 1.82) is 0 Å². The van der Waals surface area contributed by atoms with Crippen molar-refractivity contribution < 1.29 is 9.59 Å². The molecule has 2 rings (SSSR count). The number of thiophene rings is 1. The van der Waals surface area contributed by atoms with E-state index in [1.54, 1.807) is 29.5 Å². The Morgan fingerprint density at radius 3 is 2.57 bits per heavy atom. The number of hydrogen-bond acceptors (Lipinski definition) is 3. The van der Waals surface area contributed by atoms with Crippen LogP contribution in [0.2, 0.25) is 0 Å². The third-order valence-corrected chi connectivity index (χ3v) is 3.55. The Kier molecular flexibility index (Phi) is 5.29. The van der Waals surface area contributed by atoms with Gasteiger partial charge in [-0.3, -0.25) is 9.59 Å². The minimum absolute atomic E-state index is 0.105. The van der Waals surface area contributed by atoms with Crippen molar-refractivity contribution in [2.24, 2.45) is 0 Å². The van der Waals surface area contributed by atoms with E-state index >= 15 is 0 Å². The maximum Gasteiger partial charge on any atom is 0.244 e. The fourth-order valence-corrected chi connectivity index (χ4v) is 2.34. The maximum absolute atomic E-state index is 11.7. The molecule has 1 heterocycles. The Labute approximate surface area is 127 Å². The van der Waals surface area contributed by atoms with Crippen molar-refractivity contribution in [2.75, 3.05) is 5.32 Å². The highest BCUT2D eigenvalue weighted by Crippen LogP contribution is 2.11. The van der Waals surface area contributed by atoms with Crippen molar-refractivity contribution in [1.82, 2.24) is 5.32 Å². The molecule has 0 aliphatic rings. The lowest BCUT2D eigenvalue weighted by Crippen LogP contribution is -2.19. The molecule has 108 valence electrons. The Balaban J connectivity index is 1.85. The summed E-state index contributed by atoms with van der Waals surface area (Å²) in [6.45, 7) is 2.01. The van der Waals surface area contributed by atoms with E-state index in [4.69, 9.17) is 0 Å². The molecule has 0 saturated carbocycles. The smallest absolute Gasteiger partial charge is 0.244 e. The first kappa shape index (κ1) is 15.0. The van der Waals surface area contributed by atoms with Gasteiger partial charge >= 0.3 is 0 Å². The highest BCUT2D eigenvalue weighted by molar-refractivity contribution is 7.09. The summed E-state index contributed by atoms with van der Waals surface area (Å²) in [7, 11) is 0.